The number of fused-ring (bicyclic) bond motifs is 1. The molecule has 0 radical (unpaired) electrons. The van der Waals surface area contributed by atoms with Crippen LogP contribution in [0.5, 0.6) is 0 Å². The van der Waals surface area contributed by atoms with Crippen molar-refractivity contribution in [3.8, 4) is 0 Å². The van der Waals surface area contributed by atoms with Gasteiger partial charge in [0.25, 0.3) is 6.47 Å². The van der Waals surface area contributed by atoms with Crippen LogP contribution in [0.25, 0.3) is 0 Å². The highest BCUT2D eigenvalue weighted by Gasteiger charge is 2.20. The van der Waals surface area contributed by atoms with Crippen LogP contribution in [-0.4, -0.2) is 24.8 Å². The number of ether oxygens (including phenoxy) is 1. The van der Waals surface area contributed by atoms with Gasteiger partial charge in [-0.1, -0.05) is 24.3 Å². The summed E-state index contributed by atoms with van der Waals surface area (Å²) in [6.07, 6.45) is 3.04. The lowest BCUT2D eigenvalue weighted by atomic mass is 9.90. The smallest absolute Gasteiger partial charge is 0.293 e. The van der Waals surface area contributed by atoms with Crippen LogP contribution in [0.15, 0.2) is 29.3 Å². The van der Waals surface area contributed by atoms with Crippen LogP contribution in [0.2, 0.25) is 0 Å². The van der Waals surface area contributed by atoms with Gasteiger partial charge in [0.05, 0.1) is 12.1 Å². The Hall–Kier alpha value is -1.64. The van der Waals surface area contributed by atoms with Gasteiger partial charge in [-0.25, -0.2) is 0 Å². The van der Waals surface area contributed by atoms with Crippen molar-refractivity contribution in [2.75, 3.05) is 6.61 Å². The first kappa shape index (κ1) is 13.4. The Bertz CT molecular complexity index is 397. The zero-order valence-electron chi connectivity index (χ0n) is 10.6. The van der Waals surface area contributed by atoms with E-state index in [2.05, 4.69) is 47.8 Å². The first-order chi connectivity index (χ1) is 8.09. The molecule has 0 amide bonds. The molecule has 0 atom stereocenters. The minimum Gasteiger partial charge on any atom is -0.468 e. The molecule has 3 nitrogen and oxygen atoms in total. The van der Waals surface area contributed by atoms with Crippen molar-refractivity contribution in [3.05, 3.63) is 35.4 Å². The van der Waals surface area contributed by atoms with E-state index in [4.69, 9.17) is 0 Å². The van der Waals surface area contributed by atoms with Crippen molar-refractivity contribution in [2.45, 2.75) is 32.7 Å². The van der Waals surface area contributed by atoms with Crippen LogP contribution in [0.4, 0.5) is 0 Å². The van der Waals surface area contributed by atoms with E-state index in [1.807, 2.05) is 6.21 Å². The van der Waals surface area contributed by atoms with E-state index in [9.17, 15) is 4.79 Å². The molecular weight excluding hydrogens is 214 g/mol. The van der Waals surface area contributed by atoms with E-state index in [0.29, 0.717) is 13.1 Å². The minimum absolute atomic E-state index is 0.0916. The largest absolute Gasteiger partial charge is 0.468 e. The third kappa shape index (κ3) is 4.39. The van der Waals surface area contributed by atoms with Crippen LogP contribution >= 0.6 is 0 Å². The Balaban J connectivity index is 0.000000249. The average Bonchev–Trinajstić information content (AvgIpc) is 2.29. The normalized spacial score (nSPS) is 15.2. The first-order valence-electron chi connectivity index (χ1n) is 5.77. The van der Waals surface area contributed by atoms with Crippen LogP contribution in [0, 0.1) is 0 Å². The number of aliphatic imine (C=N–C) groups is 1. The Labute approximate surface area is 103 Å². The maximum absolute atomic E-state index is 9.18. The quantitative estimate of drug-likeness (QED) is 0.736. The number of carbonyl (C=O) groups excluding carboxylic acids is 1. The lowest BCUT2D eigenvalue weighted by Gasteiger charge is -2.24. The molecule has 0 N–H and O–H groups in total. The average molecular weight is 233 g/mol. The fourth-order valence-electron chi connectivity index (χ4n) is 1.65. The van der Waals surface area contributed by atoms with Gasteiger partial charge < -0.3 is 4.74 Å². The van der Waals surface area contributed by atoms with E-state index in [0.717, 1.165) is 6.42 Å². The summed E-state index contributed by atoms with van der Waals surface area (Å²) in [6, 6.07) is 8.45. The van der Waals surface area contributed by atoms with Gasteiger partial charge in [-0.15, -0.1) is 0 Å². The van der Waals surface area contributed by atoms with Crippen LogP contribution in [-0.2, 0) is 16.0 Å². The molecule has 0 saturated carbocycles. The summed E-state index contributed by atoms with van der Waals surface area (Å²) in [5.74, 6) is 0. The summed E-state index contributed by atoms with van der Waals surface area (Å²) in [4.78, 5) is 13.7. The molecule has 0 bridgehead atoms. The molecule has 0 aliphatic carbocycles. The fraction of sp³-hybridized carbons (Fsp3) is 0.429. The molecule has 1 aromatic rings. The summed E-state index contributed by atoms with van der Waals surface area (Å²) in [7, 11) is 0. The fourth-order valence-corrected chi connectivity index (χ4v) is 1.65. The Morgan fingerprint density at radius 1 is 1.41 bits per heavy atom. The number of benzene rings is 1. The maximum atomic E-state index is 9.18. The van der Waals surface area contributed by atoms with E-state index in [1.165, 1.54) is 11.1 Å². The monoisotopic (exact) mass is 233 g/mol. The highest BCUT2D eigenvalue weighted by molar-refractivity contribution is 5.83. The second kappa shape index (κ2) is 6.18. The molecule has 1 aliphatic rings. The second-order valence-electron chi connectivity index (χ2n) is 4.50. The van der Waals surface area contributed by atoms with Gasteiger partial charge in [-0.2, -0.15) is 0 Å². The topological polar surface area (TPSA) is 38.7 Å². The van der Waals surface area contributed by atoms with Crippen molar-refractivity contribution in [1.29, 1.82) is 0 Å². The van der Waals surface area contributed by atoms with E-state index in [1.54, 1.807) is 6.92 Å². The molecule has 1 aliphatic heterocycles. The minimum atomic E-state index is 0.0916. The van der Waals surface area contributed by atoms with Crippen LogP contribution in [0.1, 0.15) is 31.9 Å². The third-order valence-electron chi connectivity index (χ3n) is 2.47. The van der Waals surface area contributed by atoms with Gasteiger partial charge in [0.2, 0.25) is 0 Å². The van der Waals surface area contributed by atoms with Crippen molar-refractivity contribution in [3.63, 3.8) is 0 Å². The Kier molecular flexibility index (Phi) is 4.88. The predicted molar refractivity (Wildman–Crippen MR) is 69.5 cm³/mol. The van der Waals surface area contributed by atoms with Crippen LogP contribution < -0.4 is 0 Å². The number of hydrogen-bond acceptors (Lipinski definition) is 3. The molecule has 17 heavy (non-hydrogen) atoms. The standard InChI is InChI=1S/C11H13N.C3H6O2/c1-11(2)7-9-5-3-4-6-10(9)8-12-11;1-2-5-3-4/h3-6,8H,7H2,1-2H3;3H,2H2,1H3. The molecule has 1 heterocycles. The number of hydrogen-bond donors (Lipinski definition) is 0. The summed E-state index contributed by atoms with van der Waals surface area (Å²) in [5.41, 5.74) is 2.78. The first-order valence-corrected chi connectivity index (χ1v) is 5.77. The lowest BCUT2D eigenvalue weighted by molar-refractivity contribution is -0.128. The van der Waals surface area contributed by atoms with Crippen molar-refractivity contribution < 1.29 is 9.53 Å². The Morgan fingerprint density at radius 3 is 2.71 bits per heavy atom. The molecule has 0 fully saturated rings. The van der Waals surface area contributed by atoms with Gasteiger partial charge in [-0.3, -0.25) is 9.79 Å². The highest BCUT2D eigenvalue weighted by Crippen LogP contribution is 2.23. The maximum Gasteiger partial charge on any atom is 0.293 e. The molecule has 2 rings (SSSR count). The van der Waals surface area contributed by atoms with Gasteiger partial charge in [0.15, 0.2) is 0 Å². The van der Waals surface area contributed by atoms with Crippen molar-refractivity contribution in [1.82, 2.24) is 0 Å². The molecule has 92 valence electrons. The van der Waals surface area contributed by atoms with E-state index < -0.39 is 0 Å². The zero-order valence-corrected chi connectivity index (χ0v) is 10.6. The SMILES string of the molecule is CC1(C)Cc2ccccc2C=N1.CCOC=O. The van der Waals surface area contributed by atoms with Crippen LogP contribution in [0.3, 0.4) is 0 Å². The molecule has 0 spiro atoms. The van der Waals surface area contributed by atoms with Gasteiger partial charge >= 0.3 is 0 Å². The van der Waals surface area contributed by atoms with Crippen molar-refractivity contribution in [2.24, 2.45) is 4.99 Å². The van der Waals surface area contributed by atoms with E-state index in [-0.39, 0.29) is 5.54 Å². The van der Waals surface area contributed by atoms with E-state index >= 15 is 0 Å². The summed E-state index contributed by atoms with van der Waals surface area (Å²) < 4.78 is 4.15. The molecule has 0 aromatic heterocycles. The predicted octanol–water partition coefficient (Wildman–Crippen LogP) is 2.62. The Morgan fingerprint density at radius 2 is 2.12 bits per heavy atom. The summed E-state index contributed by atoms with van der Waals surface area (Å²) in [6.45, 7) is 7.00. The molecular formula is C14H19NO2. The molecule has 0 saturated heterocycles. The van der Waals surface area contributed by atoms with Gasteiger partial charge in [0, 0.05) is 6.21 Å². The highest BCUT2D eigenvalue weighted by atomic mass is 16.5. The third-order valence-corrected chi connectivity index (χ3v) is 2.47. The second-order valence-corrected chi connectivity index (χ2v) is 4.50. The molecule has 1 aromatic carbocycles. The zero-order chi connectivity index (χ0) is 12.7. The molecule has 0 unspecified atom stereocenters. The summed E-state index contributed by atoms with van der Waals surface area (Å²) in [5, 5.41) is 0. The van der Waals surface area contributed by atoms with Gasteiger partial charge in [-0.05, 0) is 38.3 Å². The number of carbonyl (C=O) groups is 1. The van der Waals surface area contributed by atoms with Gasteiger partial charge in [0.1, 0.15) is 0 Å². The lowest BCUT2D eigenvalue weighted by Crippen LogP contribution is -2.24. The molecule has 3 heteroatoms. The van der Waals surface area contributed by atoms with Crippen molar-refractivity contribution >= 4 is 12.7 Å². The number of rotatable bonds is 2. The summed E-state index contributed by atoms with van der Waals surface area (Å²) >= 11 is 0. The number of nitrogens with zero attached hydrogens (tertiary/aromatic N) is 1.